The first-order chi connectivity index (χ1) is 11.4. The van der Waals surface area contributed by atoms with Gasteiger partial charge in [0.15, 0.2) is 6.61 Å². The number of aryl methyl sites for hydroxylation is 1. The van der Waals surface area contributed by atoms with Gasteiger partial charge in [-0.1, -0.05) is 17.7 Å². The predicted molar refractivity (Wildman–Crippen MR) is 86.3 cm³/mol. The van der Waals surface area contributed by atoms with Crippen LogP contribution in [0.3, 0.4) is 0 Å². The van der Waals surface area contributed by atoms with Gasteiger partial charge in [0.05, 0.1) is 16.5 Å². The molecular weight excluding hydrogens is 330 g/mol. The molecule has 8 heteroatoms. The van der Waals surface area contributed by atoms with Crippen LogP contribution < -0.4 is 15.0 Å². The highest BCUT2D eigenvalue weighted by atomic mass is 32.2. The molecule has 2 N–H and O–H groups in total. The first-order valence-corrected chi connectivity index (χ1v) is 8.39. The molecule has 0 aliphatic carbocycles. The number of carbonyl (C=O) groups is 1. The van der Waals surface area contributed by atoms with Crippen molar-refractivity contribution in [2.24, 2.45) is 0 Å². The molecule has 124 valence electrons. The van der Waals surface area contributed by atoms with Gasteiger partial charge in [0.25, 0.3) is 15.9 Å². The van der Waals surface area contributed by atoms with E-state index in [0.29, 0.717) is 11.3 Å². The summed E-state index contributed by atoms with van der Waals surface area (Å²) in [5.74, 6) is -0.140. The molecule has 24 heavy (non-hydrogen) atoms. The van der Waals surface area contributed by atoms with Crippen molar-refractivity contribution in [1.29, 1.82) is 5.26 Å². The Hall–Kier alpha value is -2.89. The molecule has 0 saturated carbocycles. The molecule has 2 aromatic carbocycles. The number of benzene rings is 2. The zero-order valence-electron chi connectivity index (χ0n) is 12.8. The second-order valence-electron chi connectivity index (χ2n) is 4.89. The number of nitrogens with one attached hydrogen (secondary N) is 2. The van der Waals surface area contributed by atoms with E-state index in [0.717, 1.165) is 5.56 Å². The lowest BCUT2D eigenvalue weighted by Gasteiger charge is -2.09. The number of rotatable bonds is 6. The Balaban J connectivity index is 1.87. The Bertz CT molecular complexity index is 854. The van der Waals surface area contributed by atoms with Crippen LogP contribution in [0.15, 0.2) is 53.4 Å². The van der Waals surface area contributed by atoms with Crippen molar-refractivity contribution >= 4 is 15.9 Å². The SMILES string of the molecule is Cc1ccc(OCC(=O)NNS(=O)(=O)c2ccc(C#N)cc2)cc1. The molecule has 0 radical (unpaired) electrons. The number of hydrazine groups is 1. The molecule has 0 heterocycles. The van der Waals surface area contributed by atoms with Crippen LogP contribution in [-0.2, 0) is 14.8 Å². The monoisotopic (exact) mass is 345 g/mol. The summed E-state index contributed by atoms with van der Waals surface area (Å²) in [7, 11) is -3.92. The first-order valence-electron chi connectivity index (χ1n) is 6.91. The third kappa shape index (κ3) is 4.81. The van der Waals surface area contributed by atoms with Gasteiger partial charge in [-0.25, -0.2) is 8.42 Å². The molecule has 0 aliphatic heterocycles. The zero-order valence-corrected chi connectivity index (χ0v) is 13.6. The summed E-state index contributed by atoms with van der Waals surface area (Å²) in [4.78, 5) is 13.6. The lowest BCUT2D eigenvalue weighted by molar-refractivity contribution is -0.123. The highest BCUT2D eigenvalue weighted by Crippen LogP contribution is 2.11. The smallest absolute Gasteiger partial charge is 0.272 e. The van der Waals surface area contributed by atoms with Crippen LogP contribution in [0.5, 0.6) is 5.75 Å². The fourth-order valence-electron chi connectivity index (χ4n) is 1.71. The van der Waals surface area contributed by atoms with Gasteiger partial charge >= 0.3 is 0 Å². The molecule has 0 aromatic heterocycles. The van der Waals surface area contributed by atoms with Gasteiger partial charge in [-0.3, -0.25) is 10.2 Å². The van der Waals surface area contributed by atoms with Crippen molar-refractivity contribution in [3.05, 3.63) is 59.7 Å². The van der Waals surface area contributed by atoms with E-state index in [1.54, 1.807) is 12.1 Å². The van der Waals surface area contributed by atoms with E-state index in [9.17, 15) is 13.2 Å². The number of hydrogen-bond acceptors (Lipinski definition) is 5. The van der Waals surface area contributed by atoms with Crippen molar-refractivity contribution in [3.63, 3.8) is 0 Å². The van der Waals surface area contributed by atoms with Gasteiger partial charge in [0, 0.05) is 0 Å². The molecule has 2 rings (SSSR count). The molecule has 0 unspecified atom stereocenters. The topological polar surface area (TPSA) is 108 Å². The largest absolute Gasteiger partial charge is 0.484 e. The Morgan fingerprint density at radius 1 is 1.12 bits per heavy atom. The van der Waals surface area contributed by atoms with E-state index in [2.05, 4.69) is 5.43 Å². The van der Waals surface area contributed by atoms with Crippen LogP contribution in [-0.4, -0.2) is 20.9 Å². The van der Waals surface area contributed by atoms with Crippen LogP contribution in [0.2, 0.25) is 0 Å². The molecule has 0 saturated heterocycles. The number of amides is 1. The van der Waals surface area contributed by atoms with Crippen LogP contribution in [0.25, 0.3) is 0 Å². The van der Waals surface area contributed by atoms with E-state index >= 15 is 0 Å². The summed E-state index contributed by atoms with van der Waals surface area (Å²) < 4.78 is 29.2. The average molecular weight is 345 g/mol. The highest BCUT2D eigenvalue weighted by molar-refractivity contribution is 7.89. The summed E-state index contributed by atoms with van der Waals surface area (Å²) in [6.45, 7) is 1.59. The van der Waals surface area contributed by atoms with Crippen LogP contribution in [0.4, 0.5) is 0 Å². The van der Waals surface area contributed by atoms with Gasteiger partial charge < -0.3 is 4.74 Å². The molecule has 0 fully saturated rings. The Morgan fingerprint density at radius 3 is 2.33 bits per heavy atom. The number of hydrogen-bond donors (Lipinski definition) is 2. The first kappa shape index (κ1) is 17.5. The average Bonchev–Trinajstić information content (AvgIpc) is 2.59. The van der Waals surface area contributed by atoms with Crippen LogP contribution in [0, 0.1) is 18.3 Å². The third-order valence-corrected chi connectivity index (χ3v) is 4.27. The van der Waals surface area contributed by atoms with E-state index in [4.69, 9.17) is 10.00 Å². The molecule has 0 bridgehead atoms. The summed E-state index contributed by atoms with van der Waals surface area (Å²) in [6.07, 6.45) is 0. The van der Waals surface area contributed by atoms with Crippen LogP contribution >= 0.6 is 0 Å². The van der Waals surface area contributed by atoms with E-state index in [1.807, 2.05) is 30.0 Å². The summed E-state index contributed by atoms with van der Waals surface area (Å²) in [5, 5.41) is 8.69. The standard InChI is InChI=1S/C16H15N3O4S/c1-12-2-6-14(7-3-12)23-11-16(20)18-19-24(21,22)15-8-4-13(10-17)5-9-15/h2-9,19H,11H2,1H3,(H,18,20). The minimum Gasteiger partial charge on any atom is -0.484 e. The van der Waals surface area contributed by atoms with Crippen molar-refractivity contribution < 1.29 is 17.9 Å². The molecule has 0 aliphatic rings. The lowest BCUT2D eigenvalue weighted by atomic mass is 10.2. The van der Waals surface area contributed by atoms with Gasteiger partial charge in [-0.05, 0) is 43.3 Å². The van der Waals surface area contributed by atoms with E-state index in [1.165, 1.54) is 24.3 Å². The number of sulfonamides is 1. The summed E-state index contributed by atoms with van der Waals surface area (Å²) in [5.41, 5.74) is 3.46. The summed E-state index contributed by atoms with van der Waals surface area (Å²) in [6, 6.07) is 14.3. The molecule has 7 nitrogen and oxygen atoms in total. The van der Waals surface area contributed by atoms with E-state index < -0.39 is 15.9 Å². The highest BCUT2D eigenvalue weighted by Gasteiger charge is 2.15. The van der Waals surface area contributed by atoms with Crippen molar-refractivity contribution in [3.8, 4) is 11.8 Å². The number of carbonyl (C=O) groups excluding carboxylic acids is 1. The Morgan fingerprint density at radius 2 is 1.75 bits per heavy atom. The normalized spacial score (nSPS) is 10.7. The predicted octanol–water partition coefficient (Wildman–Crippen LogP) is 1.26. The Labute approximate surface area is 139 Å². The van der Waals surface area contributed by atoms with Gasteiger partial charge in [-0.2, -0.15) is 5.26 Å². The van der Waals surface area contributed by atoms with Gasteiger partial charge in [0.2, 0.25) is 0 Å². The van der Waals surface area contributed by atoms with Gasteiger partial charge in [0.1, 0.15) is 5.75 Å². The number of nitriles is 1. The van der Waals surface area contributed by atoms with Crippen molar-refractivity contribution in [1.82, 2.24) is 10.3 Å². The molecule has 0 spiro atoms. The maximum Gasteiger partial charge on any atom is 0.272 e. The minimum atomic E-state index is -3.92. The van der Waals surface area contributed by atoms with Crippen LogP contribution in [0.1, 0.15) is 11.1 Å². The molecule has 1 amide bonds. The van der Waals surface area contributed by atoms with Crippen molar-refractivity contribution in [2.45, 2.75) is 11.8 Å². The summed E-state index contributed by atoms with van der Waals surface area (Å²) >= 11 is 0. The maximum atomic E-state index is 12.0. The van der Waals surface area contributed by atoms with E-state index in [-0.39, 0.29) is 11.5 Å². The van der Waals surface area contributed by atoms with Gasteiger partial charge in [-0.15, -0.1) is 4.83 Å². The second kappa shape index (κ2) is 7.59. The maximum absolute atomic E-state index is 12.0. The fraction of sp³-hybridized carbons (Fsp3) is 0.125. The molecule has 0 atom stereocenters. The van der Waals surface area contributed by atoms with Crippen molar-refractivity contribution in [2.75, 3.05) is 6.61 Å². The second-order valence-corrected chi connectivity index (χ2v) is 6.57. The molecule has 2 aromatic rings. The minimum absolute atomic E-state index is 0.0683. The third-order valence-electron chi connectivity index (χ3n) is 3.01. The quantitative estimate of drug-likeness (QED) is 0.766. The number of ether oxygens (including phenoxy) is 1. The fourth-order valence-corrected chi connectivity index (χ4v) is 2.57. The molecular formula is C16H15N3O4S. The number of nitrogens with zero attached hydrogens (tertiary/aromatic N) is 1. The lowest BCUT2D eigenvalue weighted by Crippen LogP contribution is -2.43. The Kier molecular flexibility index (Phi) is 5.52. The zero-order chi connectivity index (χ0) is 17.6.